The van der Waals surface area contributed by atoms with Crippen LogP contribution in [-0.2, 0) is 0 Å². The van der Waals surface area contributed by atoms with E-state index in [9.17, 15) is 14.7 Å². The lowest BCUT2D eigenvalue weighted by atomic mass is 10.0. The molecule has 2 rings (SSSR count). The average Bonchev–Trinajstić information content (AvgIpc) is 2.43. The zero-order chi connectivity index (χ0) is 14.7. The molecule has 0 aliphatic rings. The normalized spacial score (nSPS) is 12.6. The number of fused-ring (bicyclic) bond motifs is 1. The largest absolute Gasteiger partial charge is 0.422 e. The first-order valence-corrected chi connectivity index (χ1v) is 6.47. The highest BCUT2D eigenvalue weighted by Gasteiger charge is 2.19. The van der Waals surface area contributed by atoms with Gasteiger partial charge in [0.2, 0.25) is 0 Å². The number of aliphatic hydroxyl groups is 1. The highest BCUT2D eigenvalue weighted by Crippen LogP contribution is 2.13. The van der Waals surface area contributed by atoms with Crippen LogP contribution >= 0.6 is 0 Å². The number of nitrogens with one attached hydrogen (secondary N) is 1. The summed E-state index contributed by atoms with van der Waals surface area (Å²) in [5, 5.41) is 12.5. The van der Waals surface area contributed by atoms with Gasteiger partial charge in [-0.15, -0.1) is 0 Å². The molecule has 2 aromatic rings. The van der Waals surface area contributed by atoms with E-state index in [2.05, 4.69) is 5.32 Å². The van der Waals surface area contributed by atoms with Gasteiger partial charge < -0.3 is 14.8 Å². The third kappa shape index (κ3) is 2.88. The number of carbonyl (C=O) groups is 1. The number of hydrogen-bond acceptors (Lipinski definition) is 4. The van der Waals surface area contributed by atoms with Gasteiger partial charge in [0, 0.05) is 5.39 Å². The zero-order valence-electron chi connectivity index (χ0n) is 11.4. The molecule has 0 radical (unpaired) electrons. The molecular weight excluding hydrogens is 258 g/mol. The van der Waals surface area contributed by atoms with Crippen LogP contribution in [0.5, 0.6) is 0 Å². The first kappa shape index (κ1) is 14.3. The predicted octanol–water partition coefficient (Wildman–Crippen LogP) is 1.54. The van der Waals surface area contributed by atoms with E-state index >= 15 is 0 Å². The molecule has 0 aliphatic carbocycles. The van der Waals surface area contributed by atoms with Crippen LogP contribution in [0.1, 0.15) is 24.2 Å². The fourth-order valence-corrected chi connectivity index (χ4v) is 1.89. The van der Waals surface area contributed by atoms with Crippen LogP contribution < -0.4 is 10.9 Å². The van der Waals surface area contributed by atoms with Crippen molar-refractivity contribution in [1.29, 1.82) is 0 Å². The predicted molar refractivity (Wildman–Crippen MR) is 75.7 cm³/mol. The fourth-order valence-electron chi connectivity index (χ4n) is 1.89. The number of carbonyl (C=O) groups excluding carboxylic acids is 1. The second-order valence-electron chi connectivity index (χ2n) is 4.99. The molecule has 0 aliphatic heterocycles. The summed E-state index contributed by atoms with van der Waals surface area (Å²) in [5.41, 5.74) is -0.291. The Morgan fingerprint density at radius 1 is 1.35 bits per heavy atom. The maximum Gasteiger partial charge on any atom is 0.349 e. The summed E-state index contributed by atoms with van der Waals surface area (Å²) in [4.78, 5) is 23.9. The fraction of sp³-hybridized carbons (Fsp3) is 0.333. The molecule has 1 aromatic heterocycles. The molecule has 106 valence electrons. The Morgan fingerprint density at radius 2 is 2.05 bits per heavy atom. The third-order valence-corrected chi connectivity index (χ3v) is 3.20. The average molecular weight is 275 g/mol. The van der Waals surface area contributed by atoms with Crippen molar-refractivity contribution in [2.24, 2.45) is 5.92 Å². The van der Waals surface area contributed by atoms with Gasteiger partial charge in [-0.25, -0.2) is 4.79 Å². The van der Waals surface area contributed by atoms with E-state index in [-0.39, 0.29) is 18.1 Å². The summed E-state index contributed by atoms with van der Waals surface area (Å²) in [6.45, 7) is 3.58. The molecule has 1 aromatic carbocycles. The molecule has 20 heavy (non-hydrogen) atoms. The molecule has 5 nitrogen and oxygen atoms in total. The Morgan fingerprint density at radius 3 is 2.70 bits per heavy atom. The Bertz CT molecular complexity index is 675. The molecule has 0 fully saturated rings. The minimum absolute atomic E-state index is 0.0530. The molecule has 1 amide bonds. The molecule has 1 atom stereocenters. The lowest BCUT2D eigenvalue weighted by Crippen LogP contribution is -2.42. The van der Waals surface area contributed by atoms with E-state index in [1.807, 2.05) is 13.8 Å². The highest BCUT2D eigenvalue weighted by molar-refractivity contribution is 5.96. The Labute approximate surface area is 116 Å². The Balaban J connectivity index is 2.35. The molecular formula is C15H17NO4. The van der Waals surface area contributed by atoms with Gasteiger partial charge in [0.1, 0.15) is 11.1 Å². The zero-order valence-corrected chi connectivity index (χ0v) is 11.4. The number of rotatable bonds is 4. The standard InChI is InChI=1S/C15H17NO4/c1-9(2)12(8-17)16-14(18)11-7-10-5-3-4-6-13(10)20-15(11)19/h3-7,9,12,17H,8H2,1-2H3,(H,16,18)/t12-/m1/s1. The van der Waals surface area contributed by atoms with Crippen molar-refractivity contribution in [2.45, 2.75) is 19.9 Å². The molecule has 0 saturated carbocycles. The first-order chi connectivity index (χ1) is 9.52. The lowest BCUT2D eigenvalue weighted by molar-refractivity contribution is 0.0893. The van der Waals surface area contributed by atoms with Gasteiger partial charge >= 0.3 is 5.63 Å². The van der Waals surface area contributed by atoms with Crippen molar-refractivity contribution in [3.63, 3.8) is 0 Å². The van der Waals surface area contributed by atoms with Crippen molar-refractivity contribution in [3.8, 4) is 0 Å². The molecule has 0 saturated heterocycles. The quantitative estimate of drug-likeness (QED) is 0.829. The minimum Gasteiger partial charge on any atom is -0.422 e. The number of benzene rings is 1. The number of amides is 1. The van der Waals surface area contributed by atoms with Crippen LogP contribution in [0.3, 0.4) is 0 Å². The van der Waals surface area contributed by atoms with Crippen molar-refractivity contribution >= 4 is 16.9 Å². The highest BCUT2D eigenvalue weighted by atomic mass is 16.4. The summed E-state index contributed by atoms with van der Waals surface area (Å²) < 4.78 is 5.11. The van der Waals surface area contributed by atoms with Gasteiger partial charge in [0.15, 0.2) is 0 Å². The van der Waals surface area contributed by atoms with Crippen LogP contribution in [0.15, 0.2) is 39.5 Å². The maximum absolute atomic E-state index is 12.1. The monoisotopic (exact) mass is 275 g/mol. The van der Waals surface area contributed by atoms with E-state index in [1.54, 1.807) is 24.3 Å². The number of hydrogen-bond donors (Lipinski definition) is 2. The van der Waals surface area contributed by atoms with E-state index < -0.39 is 17.6 Å². The van der Waals surface area contributed by atoms with Crippen LogP contribution in [0.4, 0.5) is 0 Å². The van der Waals surface area contributed by atoms with Gasteiger partial charge in [0.05, 0.1) is 12.6 Å². The summed E-state index contributed by atoms with van der Waals surface area (Å²) in [6, 6.07) is 8.10. The Hall–Kier alpha value is -2.14. The van der Waals surface area contributed by atoms with E-state index in [0.717, 1.165) is 0 Å². The van der Waals surface area contributed by atoms with Crippen molar-refractivity contribution in [2.75, 3.05) is 6.61 Å². The van der Waals surface area contributed by atoms with Gasteiger partial charge in [-0.2, -0.15) is 0 Å². The van der Waals surface area contributed by atoms with Crippen molar-refractivity contribution in [3.05, 3.63) is 46.3 Å². The SMILES string of the molecule is CC(C)[C@@H](CO)NC(=O)c1cc2ccccc2oc1=O. The topological polar surface area (TPSA) is 79.5 Å². The summed E-state index contributed by atoms with van der Waals surface area (Å²) >= 11 is 0. The van der Waals surface area contributed by atoms with Gasteiger partial charge in [-0.1, -0.05) is 32.0 Å². The number of aliphatic hydroxyl groups excluding tert-OH is 1. The van der Waals surface area contributed by atoms with Gasteiger partial charge in [0.25, 0.3) is 5.91 Å². The minimum atomic E-state index is -0.679. The van der Waals surface area contributed by atoms with Crippen LogP contribution in [0.25, 0.3) is 11.0 Å². The van der Waals surface area contributed by atoms with E-state index in [4.69, 9.17) is 4.42 Å². The lowest BCUT2D eigenvalue weighted by Gasteiger charge is -2.19. The van der Waals surface area contributed by atoms with Crippen molar-refractivity contribution in [1.82, 2.24) is 5.32 Å². The Kier molecular flexibility index (Phi) is 4.20. The summed E-state index contributed by atoms with van der Waals surface area (Å²) in [6.07, 6.45) is 0. The van der Waals surface area contributed by atoms with Crippen LogP contribution in [0, 0.1) is 5.92 Å². The van der Waals surface area contributed by atoms with Crippen LogP contribution in [0.2, 0.25) is 0 Å². The molecule has 0 unspecified atom stereocenters. The molecule has 0 spiro atoms. The second-order valence-corrected chi connectivity index (χ2v) is 4.99. The maximum atomic E-state index is 12.1. The van der Waals surface area contributed by atoms with Gasteiger partial charge in [-0.05, 0) is 18.1 Å². The van der Waals surface area contributed by atoms with Crippen molar-refractivity contribution < 1.29 is 14.3 Å². The molecule has 1 heterocycles. The summed E-state index contributed by atoms with van der Waals surface area (Å²) in [5.74, 6) is -0.464. The molecule has 5 heteroatoms. The number of para-hydroxylation sites is 1. The first-order valence-electron chi connectivity index (χ1n) is 6.47. The van der Waals surface area contributed by atoms with E-state index in [0.29, 0.717) is 11.0 Å². The van der Waals surface area contributed by atoms with Crippen LogP contribution in [-0.4, -0.2) is 23.7 Å². The second kappa shape index (κ2) is 5.88. The van der Waals surface area contributed by atoms with Gasteiger partial charge in [-0.3, -0.25) is 4.79 Å². The third-order valence-electron chi connectivity index (χ3n) is 3.20. The molecule has 0 bridgehead atoms. The van der Waals surface area contributed by atoms with E-state index in [1.165, 1.54) is 6.07 Å². The summed E-state index contributed by atoms with van der Waals surface area (Å²) in [7, 11) is 0. The molecule has 2 N–H and O–H groups in total. The smallest absolute Gasteiger partial charge is 0.349 e.